The lowest BCUT2D eigenvalue weighted by atomic mass is 10.2. The van der Waals surface area contributed by atoms with E-state index in [0.29, 0.717) is 13.0 Å². The van der Waals surface area contributed by atoms with Crippen molar-refractivity contribution >= 4 is 27.2 Å². The Kier molecular flexibility index (Phi) is 5.71. The van der Waals surface area contributed by atoms with E-state index in [2.05, 4.69) is 0 Å². The first kappa shape index (κ1) is 15.1. The average molecular weight is 286 g/mol. The molecule has 1 rings (SSSR count). The van der Waals surface area contributed by atoms with Crippen LogP contribution in [0, 0.1) is 0 Å². The maximum atomic E-state index is 12.1. The van der Waals surface area contributed by atoms with E-state index in [1.807, 2.05) is 30.3 Å². The fourth-order valence-corrected chi connectivity index (χ4v) is 3.32. The predicted octanol–water partition coefficient (Wildman–Crippen LogP) is 1.17. The molecule has 2 N–H and O–H groups in total. The zero-order chi connectivity index (χ0) is 13.6. The molecule has 0 unspecified atom stereocenters. The predicted molar refractivity (Wildman–Crippen MR) is 78.0 cm³/mol. The molecule has 100 valence electrons. The van der Waals surface area contributed by atoms with Gasteiger partial charge in [0.1, 0.15) is 0 Å². The summed E-state index contributed by atoms with van der Waals surface area (Å²) in [6.45, 7) is 2.27. The highest BCUT2D eigenvalue weighted by Gasteiger charge is 2.20. The second-order valence-corrected chi connectivity index (χ2v) is 6.56. The van der Waals surface area contributed by atoms with Crippen LogP contribution in [0.25, 0.3) is 0 Å². The van der Waals surface area contributed by atoms with Crippen LogP contribution in [0.2, 0.25) is 0 Å². The number of hydrogen-bond acceptors (Lipinski definition) is 3. The lowest BCUT2D eigenvalue weighted by molar-refractivity contribution is 0.467. The van der Waals surface area contributed by atoms with Gasteiger partial charge in [-0.25, -0.2) is 8.42 Å². The summed E-state index contributed by atoms with van der Waals surface area (Å²) >= 11 is 4.76. The van der Waals surface area contributed by atoms with Crippen molar-refractivity contribution in [3.05, 3.63) is 35.9 Å². The Hall–Kier alpha value is -0.980. The van der Waals surface area contributed by atoms with E-state index in [1.54, 1.807) is 6.92 Å². The lowest BCUT2D eigenvalue weighted by Crippen LogP contribution is -2.39. The third-order valence-electron chi connectivity index (χ3n) is 2.57. The summed E-state index contributed by atoms with van der Waals surface area (Å²) in [7, 11) is -3.30. The number of aryl methyl sites for hydroxylation is 1. The zero-order valence-electron chi connectivity index (χ0n) is 10.4. The second kappa shape index (κ2) is 6.82. The maximum Gasteiger partial charge on any atom is 0.214 e. The molecule has 1 aromatic carbocycles. The highest BCUT2D eigenvalue weighted by molar-refractivity contribution is 7.89. The fraction of sp³-hybridized carbons (Fsp3) is 0.417. The van der Waals surface area contributed by atoms with E-state index in [1.165, 1.54) is 4.31 Å². The van der Waals surface area contributed by atoms with Crippen molar-refractivity contribution < 1.29 is 8.42 Å². The van der Waals surface area contributed by atoms with E-state index in [0.717, 1.165) is 5.56 Å². The van der Waals surface area contributed by atoms with Gasteiger partial charge < -0.3 is 5.73 Å². The Labute approximate surface area is 114 Å². The van der Waals surface area contributed by atoms with Gasteiger partial charge in [0.15, 0.2) is 0 Å². The van der Waals surface area contributed by atoms with Gasteiger partial charge in [-0.05, 0) is 12.0 Å². The largest absolute Gasteiger partial charge is 0.392 e. The quantitative estimate of drug-likeness (QED) is 0.764. The Bertz CT molecular complexity index is 486. The van der Waals surface area contributed by atoms with Gasteiger partial charge in [-0.3, -0.25) is 0 Å². The third-order valence-corrected chi connectivity index (χ3v) is 4.59. The van der Waals surface area contributed by atoms with Gasteiger partial charge in [-0.15, -0.1) is 0 Å². The molecular weight excluding hydrogens is 268 g/mol. The smallest absolute Gasteiger partial charge is 0.214 e. The van der Waals surface area contributed by atoms with Gasteiger partial charge in [0.25, 0.3) is 0 Å². The summed E-state index contributed by atoms with van der Waals surface area (Å²) in [4.78, 5) is 0.195. The molecule has 0 spiro atoms. The average Bonchev–Trinajstić information content (AvgIpc) is 2.34. The van der Waals surface area contributed by atoms with Gasteiger partial charge in [-0.2, -0.15) is 4.31 Å². The van der Waals surface area contributed by atoms with Gasteiger partial charge in [-0.1, -0.05) is 49.5 Å². The number of rotatable bonds is 7. The third kappa shape index (κ3) is 4.72. The van der Waals surface area contributed by atoms with Gasteiger partial charge in [0.2, 0.25) is 10.0 Å². The van der Waals surface area contributed by atoms with Gasteiger partial charge in [0.05, 0.1) is 17.3 Å². The standard InChI is InChI=1S/C12H18N2O2S2/c1-2-14(10-12(13)17)18(15,16)9-8-11-6-4-3-5-7-11/h3-7H,2,8-10H2,1H3,(H2,13,17). The van der Waals surface area contributed by atoms with Crippen molar-refractivity contribution in [2.75, 3.05) is 18.8 Å². The topological polar surface area (TPSA) is 63.4 Å². The minimum absolute atomic E-state index is 0.0769. The van der Waals surface area contributed by atoms with E-state index in [4.69, 9.17) is 18.0 Å². The van der Waals surface area contributed by atoms with Crippen LogP contribution >= 0.6 is 12.2 Å². The zero-order valence-corrected chi connectivity index (χ0v) is 12.0. The Balaban J connectivity index is 2.66. The van der Waals surface area contributed by atoms with Crippen molar-refractivity contribution in [2.45, 2.75) is 13.3 Å². The fourth-order valence-electron chi connectivity index (χ4n) is 1.60. The Morgan fingerprint density at radius 2 is 1.94 bits per heavy atom. The summed E-state index contributed by atoms with van der Waals surface area (Å²) in [5.74, 6) is 0.0769. The summed E-state index contributed by atoms with van der Waals surface area (Å²) in [5, 5.41) is 0. The summed E-state index contributed by atoms with van der Waals surface area (Å²) in [6.07, 6.45) is 0.497. The summed E-state index contributed by atoms with van der Waals surface area (Å²) in [5.41, 5.74) is 6.41. The number of likely N-dealkylation sites (N-methyl/N-ethyl adjacent to an activating group) is 1. The number of nitrogens with two attached hydrogens (primary N) is 1. The van der Waals surface area contributed by atoms with Crippen molar-refractivity contribution in [1.82, 2.24) is 4.31 Å². The van der Waals surface area contributed by atoms with Crippen LogP contribution in [-0.2, 0) is 16.4 Å². The molecule has 0 amide bonds. The summed E-state index contributed by atoms with van der Waals surface area (Å²) in [6, 6.07) is 9.53. The Morgan fingerprint density at radius 1 is 1.33 bits per heavy atom. The molecule has 0 radical (unpaired) electrons. The molecule has 4 nitrogen and oxygen atoms in total. The molecule has 6 heteroatoms. The number of benzene rings is 1. The molecule has 1 aromatic rings. The number of nitrogens with zero attached hydrogens (tertiary/aromatic N) is 1. The highest BCUT2D eigenvalue weighted by atomic mass is 32.2. The van der Waals surface area contributed by atoms with Crippen LogP contribution in [0.5, 0.6) is 0 Å². The molecule has 0 aromatic heterocycles. The van der Waals surface area contributed by atoms with Crippen molar-refractivity contribution in [1.29, 1.82) is 0 Å². The van der Waals surface area contributed by atoms with E-state index < -0.39 is 10.0 Å². The molecule has 0 aliphatic heterocycles. The maximum absolute atomic E-state index is 12.1. The second-order valence-electron chi connectivity index (χ2n) is 3.94. The van der Waals surface area contributed by atoms with Crippen LogP contribution < -0.4 is 5.73 Å². The molecule has 0 saturated carbocycles. The molecule has 0 atom stereocenters. The monoisotopic (exact) mass is 286 g/mol. The first-order valence-electron chi connectivity index (χ1n) is 5.75. The lowest BCUT2D eigenvalue weighted by Gasteiger charge is -2.19. The van der Waals surface area contributed by atoms with Crippen molar-refractivity contribution in [2.24, 2.45) is 5.73 Å². The highest BCUT2D eigenvalue weighted by Crippen LogP contribution is 2.06. The minimum Gasteiger partial charge on any atom is -0.392 e. The van der Waals surface area contributed by atoms with E-state index in [9.17, 15) is 8.42 Å². The molecule has 0 aliphatic rings. The minimum atomic E-state index is -3.30. The molecule has 0 saturated heterocycles. The van der Waals surface area contributed by atoms with Crippen molar-refractivity contribution in [3.63, 3.8) is 0 Å². The molecule has 0 heterocycles. The normalized spacial score (nSPS) is 11.7. The molecule has 0 aliphatic carbocycles. The van der Waals surface area contributed by atoms with E-state index in [-0.39, 0.29) is 17.3 Å². The Morgan fingerprint density at radius 3 is 2.44 bits per heavy atom. The van der Waals surface area contributed by atoms with Crippen molar-refractivity contribution in [3.8, 4) is 0 Å². The van der Waals surface area contributed by atoms with Gasteiger partial charge in [0, 0.05) is 6.54 Å². The number of sulfonamides is 1. The van der Waals surface area contributed by atoms with Crippen LogP contribution in [0.15, 0.2) is 30.3 Å². The van der Waals surface area contributed by atoms with E-state index >= 15 is 0 Å². The summed E-state index contributed by atoms with van der Waals surface area (Å²) < 4.78 is 25.5. The van der Waals surface area contributed by atoms with Crippen LogP contribution in [0.3, 0.4) is 0 Å². The molecule has 0 bridgehead atoms. The van der Waals surface area contributed by atoms with Gasteiger partial charge >= 0.3 is 0 Å². The first-order chi connectivity index (χ1) is 8.45. The molecule has 18 heavy (non-hydrogen) atoms. The van der Waals surface area contributed by atoms with Crippen LogP contribution in [0.1, 0.15) is 12.5 Å². The first-order valence-corrected chi connectivity index (χ1v) is 7.77. The molecular formula is C12H18N2O2S2. The van der Waals surface area contributed by atoms with Crippen LogP contribution in [0.4, 0.5) is 0 Å². The SMILES string of the molecule is CCN(CC(N)=S)S(=O)(=O)CCc1ccccc1. The number of hydrogen-bond donors (Lipinski definition) is 1. The van der Waals surface area contributed by atoms with Crippen LogP contribution in [-0.4, -0.2) is 36.6 Å². The molecule has 0 fully saturated rings. The number of thiocarbonyl (C=S) groups is 1.